The molecule has 0 bridgehead atoms. The van der Waals surface area contributed by atoms with Crippen LogP contribution < -0.4 is 5.32 Å². The van der Waals surface area contributed by atoms with Gasteiger partial charge in [0.05, 0.1) is 12.2 Å². The van der Waals surface area contributed by atoms with Crippen molar-refractivity contribution in [2.45, 2.75) is 25.6 Å². The summed E-state index contributed by atoms with van der Waals surface area (Å²) in [7, 11) is 0. The van der Waals surface area contributed by atoms with Crippen molar-refractivity contribution in [1.29, 1.82) is 0 Å². The van der Waals surface area contributed by atoms with Gasteiger partial charge >= 0.3 is 0 Å². The summed E-state index contributed by atoms with van der Waals surface area (Å²) in [6.07, 6.45) is -0.248. The Balaban J connectivity index is 2.35. The van der Waals surface area contributed by atoms with E-state index in [9.17, 15) is 5.11 Å². The average molecular weight is 244 g/mol. The van der Waals surface area contributed by atoms with Crippen molar-refractivity contribution in [3.8, 4) is 0 Å². The molecule has 0 aromatic heterocycles. The van der Waals surface area contributed by atoms with Crippen molar-refractivity contribution < 1.29 is 10.2 Å². The number of benzene rings is 1. The topological polar surface area (TPSA) is 52.5 Å². The van der Waals surface area contributed by atoms with Gasteiger partial charge < -0.3 is 15.5 Å². The van der Waals surface area contributed by atoms with E-state index in [0.717, 1.165) is 5.56 Å². The van der Waals surface area contributed by atoms with Crippen LogP contribution in [0.4, 0.5) is 0 Å². The largest absolute Gasteiger partial charge is 0.393 e. The molecule has 1 rings (SSSR count). The van der Waals surface area contributed by atoms with Crippen LogP contribution in [-0.2, 0) is 0 Å². The molecule has 1 aromatic rings. The first kappa shape index (κ1) is 13.5. The number of nitrogens with one attached hydrogen (secondary N) is 1. The molecule has 1 aromatic carbocycles. The molecule has 16 heavy (non-hydrogen) atoms. The molecule has 2 atom stereocenters. The molecule has 0 radical (unpaired) electrons. The molecule has 3 N–H and O–H groups in total. The third-order valence-corrected chi connectivity index (χ3v) is 2.69. The fourth-order valence-corrected chi connectivity index (χ4v) is 1.67. The van der Waals surface area contributed by atoms with Gasteiger partial charge in [-0.3, -0.25) is 0 Å². The van der Waals surface area contributed by atoms with Gasteiger partial charge in [0.1, 0.15) is 0 Å². The predicted octanol–water partition coefficient (Wildman–Crippen LogP) is 1.73. The number of hydrogen-bond acceptors (Lipinski definition) is 3. The minimum Gasteiger partial charge on any atom is -0.393 e. The number of aliphatic hydroxyl groups is 2. The van der Waals surface area contributed by atoms with E-state index in [1.165, 1.54) is 0 Å². The van der Waals surface area contributed by atoms with Crippen LogP contribution >= 0.6 is 11.6 Å². The molecule has 90 valence electrons. The molecule has 0 amide bonds. The second-order valence-corrected chi connectivity index (χ2v) is 4.29. The monoisotopic (exact) mass is 243 g/mol. The first-order valence-electron chi connectivity index (χ1n) is 5.42. The van der Waals surface area contributed by atoms with Crippen LogP contribution in [0, 0.1) is 0 Å². The van der Waals surface area contributed by atoms with Gasteiger partial charge in [0, 0.05) is 17.1 Å². The molecule has 0 spiro atoms. The Morgan fingerprint density at radius 3 is 2.62 bits per heavy atom. The minimum atomic E-state index is -0.609. The highest BCUT2D eigenvalue weighted by molar-refractivity contribution is 6.31. The van der Waals surface area contributed by atoms with E-state index >= 15 is 0 Å². The van der Waals surface area contributed by atoms with Crippen LogP contribution in [0.2, 0.25) is 5.02 Å². The third-order valence-electron chi connectivity index (χ3n) is 2.34. The lowest BCUT2D eigenvalue weighted by Crippen LogP contribution is -2.24. The van der Waals surface area contributed by atoms with Gasteiger partial charge in [0.25, 0.3) is 0 Å². The first-order valence-corrected chi connectivity index (χ1v) is 5.80. The van der Waals surface area contributed by atoms with Crippen LogP contribution in [0.3, 0.4) is 0 Å². The SMILES string of the molecule is CC(O)CCNCC(O)c1ccccc1Cl. The molecule has 4 heteroatoms. The van der Waals surface area contributed by atoms with Crippen molar-refractivity contribution >= 4 is 11.6 Å². The van der Waals surface area contributed by atoms with Gasteiger partial charge in [0.2, 0.25) is 0 Å². The number of rotatable bonds is 6. The Morgan fingerprint density at radius 2 is 2.00 bits per heavy atom. The van der Waals surface area contributed by atoms with Crippen molar-refractivity contribution in [2.24, 2.45) is 0 Å². The zero-order chi connectivity index (χ0) is 12.0. The summed E-state index contributed by atoms with van der Waals surface area (Å²) in [5.74, 6) is 0. The van der Waals surface area contributed by atoms with Crippen LogP contribution in [0.15, 0.2) is 24.3 Å². The van der Waals surface area contributed by atoms with Gasteiger partial charge in [-0.2, -0.15) is 0 Å². The van der Waals surface area contributed by atoms with Crippen molar-refractivity contribution in [2.75, 3.05) is 13.1 Å². The standard InChI is InChI=1S/C12H18ClNO2/c1-9(15)6-7-14-8-12(16)10-4-2-3-5-11(10)13/h2-5,9,12,14-16H,6-8H2,1H3. The maximum absolute atomic E-state index is 9.86. The summed E-state index contributed by atoms with van der Waals surface area (Å²) in [6.45, 7) is 2.86. The van der Waals surface area contributed by atoms with Crippen LogP contribution in [0.25, 0.3) is 0 Å². The Kier molecular flexibility index (Phi) is 5.77. The molecular weight excluding hydrogens is 226 g/mol. The summed E-state index contributed by atoms with van der Waals surface area (Å²) in [4.78, 5) is 0. The second kappa shape index (κ2) is 6.86. The van der Waals surface area contributed by atoms with Gasteiger partial charge in [0.15, 0.2) is 0 Å². The van der Waals surface area contributed by atoms with E-state index in [2.05, 4.69) is 5.32 Å². The quantitative estimate of drug-likeness (QED) is 0.667. The van der Waals surface area contributed by atoms with Crippen LogP contribution in [0.5, 0.6) is 0 Å². The second-order valence-electron chi connectivity index (χ2n) is 3.88. The van der Waals surface area contributed by atoms with Crippen molar-refractivity contribution in [3.63, 3.8) is 0 Å². The van der Waals surface area contributed by atoms with E-state index < -0.39 is 6.10 Å². The maximum atomic E-state index is 9.86. The number of halogens is 1. The van der Waals surface area contributed by atoms with Crippen molar-refractivity contribution in [3.05, 3.63) is 34.9 Å². The average Bonchev–Trinajstić information content (AvgIpc) is 2.24. The molecule has 0 aliphatic rings. The Labute approximate surface area is 101 Å². The zero-order valence-electron chi connectivity index (χ0n) is 9.36. The van der Waals surface area contributed by atoms with Crippen molar-refractivity contribution in [1.82, 2.24) is 5.32 Å². The lowest BCUT2D eigenvalue weighted by molar-refractivity contribution is 0.162. The Bertz CT molecular complexity index is 318. The van der Waals surface area contributed by atoms with E-state index in [0.29, 0.717) is 24.5 Å². The summed E-state index contributed by atoms with van der Waals surface area (Å²) in [6, 6.07) is 7.25. The highest BCUT2D eigenvalue weighted by Gasteiger charge is 2.10. The highest BCUT2D eigenvalue weighted by atomic mass is 35.5. The molecule has 0 saturated heterocycles. The molecular formula is C12H18ClNO2. The highest BCUT2D eigenvalue weighted by Crippen LogP contribution is 2.21. The van der Waals surface area contributed by atoms with Gasteiger partial charge in [-0.05, 0) is 26.0 Å². The zero-order valence-corrected chi connectivity index (χ0v) is 10.1. The fourth-order valence-electron chi connectivity index (χ4n) is 1.41. The molecule has 0 aliphatic carbocycles. The number of hydrogen-bond donors (Lipinski definition) is 3. The lowest BCUT2D eigenvalue weighted by Gasteiger charge is -2.14. The van der Waals surface area contributed by atoms with Gasteiger partial charge in [-0.1, -0.05) is 29.8 Å². The third kappa shape index (κ3) is 4.49. The van der Waals surface area contributed by atoms with E-state index in [4.69, 9.17) is 16.7 Å². The Morgan fingerprint density at radius 1 is 1.31 bits per heavy atom. The first-order chi connectivity index (χ1) is 7.61. The minimum absolute atomic E-state index is 0.315. The van der Waals surface area contributed by atoms with E-state index in [-0.39, 0.29) is 6.10 Å². The van der Waals surface area contributed by atoms with E-state index in [1.54, 1.807) is 13.0 Å². The fraction of sp³-hybridized carbons (Fsp3) is 0.500. The lowest BCUT2D eigenvalue weighted by atomic mass is 10.1. The summed E-state index contributed by atoms with van der Waals surface area (Å²) in [5.41, 5.74) is 0.730. The smallest absolute Gasteiger partial charge is 0.0928 e. The van der Waals surface area contributed by atoms with Gasteiger partial charge in [-0.15, -0.1) is 0 Å². The van der Waals surface area contributed by atoms with Gasteiger partial charge in [-0.25, -0.2) is 0 Å². The summed E-state index contributed by atoms with van der Waals surface area (Å²) < 4.78 is 0. The molecule has 0 heterocycles. The number of aliphatic hydroxyl groups excluding tert-OH is 2. The normalized spacial score (nSPS) is 14.8. The maximum Gasteiger partial charge on any atom is 0.0928 e. The summed E-state index contributed by atoms with van der Waals surface area (Å²) >= 11 is 5.95. The molecule has 0 saturated carbocycles. The Hall–Kier alpha value is -0.610. The van der Waals surface area contributed by atoms with E-state index in [1.807, 2.05) is 18.2 Å². The molecule has 2 unspecified atom stereocenters. The molecule has 0 fully saturated rings. The predicted molar refractivity (Wildman–Crippen MR) is 65.6 cm³/mol. The summed E-state index contributed by atoms with van der Waals surface area (Å²) in [5, 5.41) is 22.6. The van der Waals surface area contributed by atoms with Crippen LogP contribution in [0.1, 0.15) is 25.0 Å². The van der Waals surface area contributed by atoms with Crippen LogP contribution in [-0.4, -0.2) is 29.4 Å². The molecule has 3 nitrogen and oxygen atoms in total. The molecule has 0 aliphatic heterocycles.